The molecule has 1 aromatic carbocycles. The molecule has 0 radical (unpaired) electrons. The second-order valence-electron chi connectivity index (χ2n) is 4.68. The van der Waals surface area contributed by atoms with Crippen LogP contribution in [-0.4, -0.2) is 20.7 Å². The molecule has 0 spiro atoms. The minimum Gasteiger partial charge on any atom is -0.323 e. The van der Waals surface area contributed by atoms with Crippen LogP contribution >= 0.6 is 11.6 Å². The predicted molar refractivity (Wildman–Crippen MR) is 85.1 cm³/mol. The van der Waals surface area contributed by atoms with Crippen LogP contribution in [0.25, 0.3) is 5.82 Å². The van der Waals surface area contributed by atoms with E-state index in [-0.39, 0.29) is 12.3 Å². The molecule has 22 heavy (non-hydrogen) atoms. The Morgan fingerprint density at radius 3 is 2.68 bits per heavy atom. The normalized spacial score (nSPS) is 10.4. The number of hydrogen-bond acceptors (Lipinski definition) is 3. The summed E-state index contributed by atoms with van der Waals surface area (Å²) >= 11 is 5.84. The van der Waals surface area contributed by atoms with Crippen molar-refractivity contribution in [1.29, 1.82) is 0 Å². The number of carbonyl (C=O) groups is 1. The quantitative estimate of drug-likeness (QED) is 0.805. The second kappa shape index (κ2) is 6.41. The van der Waals surface area contributed by atoms with E-state index in [0.717, 1.165) is 5.56 Å². The Morgan fingerprint density at radius 2 is 1.95 bits per heavy atom. The minimum absolute atomic E-state index is 0.122. The molecule has 3 aromatic rings. The van der Waals surface area contributed by atoms with Gasteiger partial charge in [0.2, 0.25) is 5.91 Å². The second-order valence-corrected chi connectivity index (χ2v) is 5.11. The lowest BCUT2D eigenvalue weighted by molar-refractivity contribution is -0.115. The first kappa shape index (κ1) is 14.3. The van der Waals surface area contributed by atoms with Gasteiger partial charge in [-0.05, 0) is 35.9 Å². The molecule has 3 rings (SSSR count). The van der Waals surface area contributed by atoms with Crippen LogP contribution in [0.2, 0.25) is 5.02 Å². The maximum absolute atomic E-state index is 12.2. The lowest BCUT2D eigenvalue weighted by atomic mass is 10.1. The van der Waals surface area contributed by atoms with Crippen LogP contribution < -0.4 is 5.32 Å². The zero-order valence-corrected chi connectivity index (χ0v) is 12.4. The molecule has 0 fully saturated rings. The van der Waals surface area contributed by atoms with Gasteiger partial charge in [0.1, 0.15) is 0 Å². The highest BCUT2D eigenvalue weighted by molar-refractivity contribution is 6.30. The van der Waals surface area contributed by atoms with Gasteiger partial charge in [0.05, 0.1) is 12.1 Å². The zero-order valence-electron chi connectivity index (χ0n) is 11.6. The summed E-state index contributed by atoms with van der Waals surface area (Å²) in [6.45, 7) is 0. The highest BCUT2D eigenvalue weighted by Crippen LogP contribution is 2.17. The predicted octanol–water partition coefficient (Wildman–Crippen LogP) is 3.10. The number of carbonyl (C=O) groups excluding carboxylic acids is 1. The lowest BCUT2D eigenvalue weighted by Gasteiger charge is -2.10. The number of hydrogen-bond donors (Lipinski definition) is 1. The van der Waals surface area contributed by atoms with Crippen LogP contribution in [0.3, 0.4) is 0 Å². The first-order valence-electron chi connectivity index (χ1n) is 6.72. The van der Waals surface area contributed by atoms with Crippen LogP contribution in [-0.2, 0) is 11.2 Å². The molecule has 110 valence electrons. The Bertz CT molecular complexity index is 769. The maximum atomic E-state index is 12.2. The van der Waals surface area contributed by atoms with Gasteiger partial charge in [-0.25, -0.2) is 9.67 Å². The monoisotopic (exact) mass is 312 g/mol. The largest absolute Gasteiger partial charge is 0.323 e. The van der Waals surface area contributed by atoms with Crippen molar-refractivity contribution in [3.8, 4) is 5.82 Å². The third-order valence-corrected chi connectivity index (χ3v) is 3.31. The Balaban J connectivity index is 1.76. The van der Waals surface area contributed by atoms with E-state index in [2.05, 4.69) is 15.4 Å². The number of nitrogens with one attached hydrogen (secondary N) is 1. The van der Waals surface area contributed by atoms with E-state index < -0.39 is 0 Å². The SMILES string of the molecule is O=C(Cc1ccc(Cl)cc1)Nc1cccnc1-n1cccn1. The van der Waals surface area contributed by atoms with Gasteiger partial charge in [-0.3, -0.25) is 4.79 Å². The van der Waals surface area contributed by atoms with Crippen LogP contribution in [0.1, 0.15) is 5.56 Å². The number of halogens is 1. The van der Waals surface area contributed by atoms with Gasteiger partial charge in [-0.1, -0.05) is 23.7 Å². The van der Waals surface area contributed by atoms with E-state index in [0.29, 0.717) is 16.5 Å². The number of rotatable bonds is 4. The Morgan fingerprint density at radius 1 is 1.14 bits per heavy atom. The van der Waals surface area contributed by atoms with Gasteiger partial charge < -0.3 is 5.32 Å². The highest BCUT2D eigenvalue weighted by atomic mass is 35.5. The molecule has 0 aliphatic carbocycles. The maximum Gasteiger partial charge on any atom is 0.228 e. The van der Waals surface area contributed by atoms with Crippen molar-refractivity contribution in [2.45, 2.75) is 6.42 Å². The van der Waals surface area contributed by atoms with Gasteiger partial charge in [0.25, 0.3) is 0 Å². The van der Waals surface area contributed by atoms with Crippen LogP contribution in [0.4, 0.5) is 5.69 Å². The average Bonchev–Trinajstić information content (AvgIpc) is 3.04. The Hall–Kier alpha value is -2.66. The third-order valence-electron chi connectivity index (χ3n) is 3.06. The van der Waals surface area contributed by atoms with Gasteiger partial charge in [0, 0.05) is 23.6 Å². The molecular weight excluding hydrogens is 300 g/mol. The Labute approximate surface area is 132 Å². The molecule has 2 aromatic heterocycles. The van der Waals surface area contributed by atoms with Crippen LogP contribution in [0.15, 0.2) is 61.1 Å². The van der Waals surface area contributed by atoms with Crippen molar-refractivity contribution in [2.75, 3.05) is 5.32 Å². The van der Waals surface area contributed by atoms with Crippen LogP contribution in [0.5, 0.6) is 0 Å². The van der Waals surface area contributed by atoms with E-state index in [4.69, 9.17) is 11.6 Å². The molecule has 0 aliphatic rings. The number of amides is 1. The summed E-state index contributed by atoms with van der Waals surface area (Å²) in [5, 5.41) is 7.65. The number of benzene rings is 1. The number of pyridine rings is 1. The molecule has 2 heterocycles. The molecule has 1 N–H and O–H groups in total. The Kier molecular flexibility index (Phi) is 4.16. The first-order chi connectivity index (χ1) is 10.7. The number of nitrogens with zero attached hydrogens (tertiary/aromatic N) is 3. The van der Waals surface area contributed by atoms with E-state index in [1.165, 1.54) is 0 Å². The zero-order chi connectivity index (χ0) is 15.4. The number of anilines is 1. The summed E-state index contributed by atoms with van der Waals surface area (Å²) in [6, 6.07) is 12.6. The van der Waals surface area contributed by atoms with Crippen molar-refractivity contribution in [3.63, 3.8) is 0 Å². The molecule has 5 nitrogen and oxygen atoms in total. The molecule has 0 bridgehead atoms. The van der Waals surface area contributed by atoms with Crippen molar-refractivity contribution < 1.29 is 4.79 Å². The topological polar surface area (TPSA) is 59.8 Å². The standard InChI is InChI=1S/C16H13ClN4O/c17-13-6-4-12(5-7-13)11-15(22)20-14-3-1-8-18-16(14)21-10-2-9-19-21/h1-10H,11H2,(H,20,22). The van der Waals surface area contributed by atoms with Crippen molar-refractivity contribution in [1.82, 2.24) is 14.8 Å². The lowest BCUT2D eigenvalue weighted by Crippen LogP contribution is -2.16. The first-order valence-corrected chi connectivity index (χ1v) is 7.09. The summed E-state index contributed by atoms with van der Waals surface area (Å²) < 4.78 is 1.61. The van der Waals surface area contributed by atoms with E-state index in [1.54, 1.807) is 53.6 Å². The molecule has 0 atom stereocenters. The van der Waals surface area contributed by atoms with E-state index in [9.17, 15) is 4.79 Å². The summed E-state index contributed by atoms with van der Waals surface area (Å²) in [5.41, 5.74) is 1.51. The average molecular weight is 313 g/mol. The smallest absolute Gasteiger partial charge is 0.228 e. The fraction of sp³-hybridized carbons (Fsp3) is 0.0625. The molecule has 6 heteroatoms. The summed E-state index contributed by atoms with van der Waals surface area (Å²) in [7, 11) is 0. The molecule has 0 saturated heterocycles. The highest BCUT2D eigenvalue weighted by Gasteiger charge is 2.10. The van der Waals surface area contributed by atoms with Gasteiger partial charge in [-0.15, -0.1) is 0 Å². The third kappa shape index (κ3) is 3.32. The van der Waals surface area contributed by atoms with Crippen LogP contribution in [0, 0.1) is 0 Å². The minimum atomic E-state index is -0.122. The summed E-state index contributed by atoms with van der Waals surface area (Å²) in [6.07, 6.45) is 5.36. The molecule has 0 aliphatic heterocycles. The fourth-order valence-electron chi connectivity index (χ4n) is 2.05. The van der Waals surface area contributed by atoms with E-state index >= 15 is 0 Å². The van der Waals surface area contributed by atoms with Gasteiger partial charge in [-0.2, -0.15) is 5.10 Å². The van der Waals surface area contributed by atoms with Crippen molar-refractivity contribution in [2.24, 2.45) is 0 Å². The number of aromatic nitrogens is 3. The molecular formula is C16H13ClN4O. The fourth-order valence-corrected chi connectivity index (χ4v) is 2.18. The van der Waals surface area contributed by atoms with Crippen molar-refractivity contribution >= 4 is 23.2 Å². The summed E-state index contributed by atoms with van der Waals surface area (Å²) in [4.78, 5) is 16.4. The van der Waals surface area contributed by atoms with Gasteiger partial charge in [0.15, 0.2) is 5.82 Å². The molecule has 0 saturated carbocycles. The van der Waals surface area contributed by atoms with Gasteiger partial charge >= 0.3 is 0 Å². The molecule has 1 amide bonds. The molecule has 0 unspecified atom stereocenters. The van der Waals surface area contributed by atoms with E-state index in [1.807, 2.05) is 12.1 Å². The summed E-state index contributed by atoms with van der Waals surface area (Å²) in [5.74, 6) is 0.459. The van der Waals surface area contributed by atoms with Crippen molar-refractivity contribution in [3.05, 3.63) is 71.6 Å².